The van der Waals surface area contributed by atoms with Crippen molar-refractivity contribution in [2.45, 2.75) is 39.7 Å². The number of sulfonamides is 1. The Bertz CT molecular complexity index is 813. The summed E-state index contributed by atoms with van der Waals surface area (Å²) in [6, 6.07) is 10.3. The first-order chi connectivity index (χ1) is 12.7. The van der Waals surface area contributed by atoms with Crippen molar-refractivity contribution >= 4 is 15.8 Å². The van der Waals surface area contributed by atoms with Crippen LogP contribution in [-0.4, -0.2) is 55.3 Å². The van der Waals surface area contributed by atoms with Crippen LogP contribution in [0.15, 0.2) is 30.3 Å². The maximum absolute atomic E-state index is 13.2. The third-order valence-electron chi connectivity index (χ3n) is 7.54. The van der Waals surface area contributed by atoms with Crippen LogP contribution < -0.4 is 0 Å². The van der Waals surface area contributed by atoms with Crippen LogP contribution in [0.2, 0.25) is 0 Å². The van der Waals surface area contributed by atoms with E-state index in [4.69, 9.17) is 0 Å². The molecule has 27 heavy (non-hydrogen) atoms. The first-order valence-electron chi connectivity index (χ1n) is 10.0. The van der Waals surface area contributed by atoms with Crippen molar-refractivity contribution in [3.8, 4) is 0 Å². The van der Waals surface area contributed by atoms with Gasteiger partial charge in [0, 0.05) is 44.6 Å². The molecule has 1 saturated heterocycles. The van der Waals surface area contributed by atoms with Gasteiger partial charge in [-0.1, -0.05) is 44.2 Å². The normalized spacial score (nSPS) is 31.5. The Hall–Kier alpha value is -1.24. The number of hydrogen-bond donors (Lipinski definition) is 0. The van der Waals surface area contributed by atoms with Gasteiger partial charge in [0.25, 0.3) is 0 Å². The molecule has 5 nitrogen and oxygen atoms in total. The summed E-state index contributed by atoms with van der Waals surface area (Å²) in [4.78, 5) is 15.0. The molecule has 0 spiro atoms. The zero-order valence-electron chi connectivity index (χ0n) is 16.4. The second-order valence-corrected chi connectivity index (χ2v) is 11.1. The fourth-order valence-corrected chi connectivity index (χ4v) is 7.72. The Morgan fingerprint density at radius 3 is 2.30 bits per heavy atom. The van der Waals surface area contributed by atoms with Gasteiger partial charge < -0.3 is 0 Å². The van der Waals surface area contributed by atoms with Crippen LogP contribution in [0.3, 0.4) is 0 Å². The lowest BCUT2D eigenvalue weighted by molar-refractivity contribution is -0.128. The van der Waals surface area contributed by atoms with Crippen molar-refractivity contribution in [2.24, 2.45) is 16.7 Å². The molecule has 0 amide bonds. The van der Waals surface area contributed by atoms with Gasteiger partial charge in [0.2, 0.25) is 10.0 Å². The quantitative estimate of drug-likeness (QED) is 0.775. The van der Waals surface area contributed by atoms with Gasteiger partial charge in [-0.3, -0.25) is 9.69 Å². The predicted molar refractivity (Wildman–Crippen MR) is 106 cm³/mol. The highest BCUT2D eigenvalue weighted by atomic mass is 32.2. The summed E-state index contributed by atoms with van der Waals surface area (Å²) in [5.74, 6) is 0.527. The molecule has 0 radical (unpaired) electrons. The minimum Gasteiger partial charge on any atom is -0.299 e. The van der Waals surface area contributed by atoms with E-state index >= 15 is 0 Å². The third-order valence-corrected chi connectivity index (χ3v) is 9.55. The zero-order valence-corrected chi connectivity index (χ0v) is 17.2. The fraction of sp³-hybridized carbons (Fsp3) is 0.667. The molecule has 0 aromatic heterocycles. The highest BCUT2D eigenvalue weighted by molar-refractivity contribution is 7.89. The number of fused-ring (bicyclic) bond motifs is 2. The van der Waals surface area contributed by atoms with Crippen molar-refractivity contribution in [3.63, 3.8) is 0 Å². The number of Topliss-reactive ketones (excluding diaryl/α,β-unsaturated/α-hetero) is 1. The standard InChI is InChI=1S/C21H30N2O3S/c1-20(2)18-8-9-21(20,19(24)14-18)16-27(25,26)23-12-10-22(11-13-23)15-17-6-4-3-5-7-17/h3-7,18H,8-16H2,1-2H3/t18-,21+/m1/s1. The van der Waals surface area contributed by atoms with Crippen LogP contribution in [0.5, 0.6) is 0 Å². The summed E-state index contributed by atoms with van der Waals surface area (Å²) in [6.07, 6.45) is 2.28. The lowest BCUT2D eigenvalue weighted by Crippen LogP contribution is -2.52. The van der Waals surface area contributed by atoms with Crippen LogP contribution in [0.25, 0.3) is 0 Å². The summed E-state index contributed by atoms with van der Waals surface area (Å²) in [7, 11) is -3.43. The van der Waals surface area contributed by atoms with Gasteiger partial charge in [0.1, 0.15) is 5.78 Å². The second kappa shape index (κ2) is 6.68. The molecule has 2 bridgehead atoms. The van der Waals surface area contributed by atoms with E-state index in [9.17, 15) is 13.2 Å². The van der Waals surface area contributed by atoms with E-state index in [0.717, 1.165) is 32.5 Å². The van der Waals surface area contributed by atoms with Crippen LogP contribution in [0, 0.1) is 16.7 Å². The number of rotatable bonds is 5. The van der Waals surface area contributed by atoms with Gasteiger partial charge in [-0.25, -0.2) is 8.42 Å². The van der Waals surface area contributed by atoms with E-state index < -0.39 is 15.4 Å². The lowest BCUT2D eigenvalue weighted by Gasteiger charge is -2.39. The number of hydrogen-bond acceptors (Lipinski definition) is 4. The minimum atomic E-state index is -3.43. The number of piperazine rings is 1. The Morgan fingerprint density at radius 1 is 1.07 bits per heavy atom. The molecule has 3 fully saturated rings. The topological polar surface area (TPSA) is 57.7 Å². The monoisotopic (exact) mass is 390 g/mol. The average Bonchev–Trinajstić information content (AvgIpc) is 2.97. The van der Waals surface area contributed by atoms with Crippen molar-refractivity contribution in [1.29, 1.82) is 0 Å². The van der Waals surface area contributed by atoms with Gasteiger partial charge in [-0.15, -0.1) is 0 Å². The van der Waals surface area contributed by atoms with Crippen LogP contribution >= 0.6 is 0 Å². The maximum atomic E-state index is 13.2. The maximum Gasteiger partial charge on any atom is 0.215 e. The molecule has 148 valence electrons. The molecule has 2 atom stereocenters. The highest BCUT2D eigenvalue weighted by Gasteiger charge is 2.65. The Balaban J connectivity index is 1.41. The molecule has 1 aromatic carbocycles. The summed E-state index contributed by atoms with van der Waals surface area (Å²) >= 11 is 0. The minimum absolute atomic E-state index is 0.00101. The number of nitrogens with zero attached hydrogens (tertiary/aromatic N) is 2. The summed E-state index contributed by atoms with van der Waals surface area (Å²) < 4.78 is 28.0. The largest absolute Gasteiger partial charge is 0.299 e. The summed E-state index contributed by atoms with van der Waals surface area (Å²) in [5, 5.41) is 0. The van der Waals surface area contributed by atoms with Gasteiger partial charge in [-0.05, 0) is 29.7 Å². The van der Waals surface area contributed by atoms with Crippen molar-refractivity contribution in [2.75, 3.05) is 31.9 Å². The average molecular weight is 391 g/mol. The lowest BCUT2D eigenvalue weighted by atomic mass is 9.70. The van der Waals surface area contributed by atoms with Crippen molar-refractivity contribution in [1.82, 2.24) is 9.21 Å². The Morgan fingerprint density at radius 2 is 1.74 bits per heavy atom. The Labute approximate surface area is 162 Å². The van der Waals surface area contributed by atoms with E-state index in [2.05, 4.69) is 30.9 Å². The van der Waals surface area contributed by atoms with Gasteiger partial charge in [-0.2, -0.15) is 4.31 Å². The molecule has 4 rings (SSSR count). The predicted octanol–water partition coefficient (Wildman–Crippen LogP) is 2.53. The molecule has 1 heterocycles. The number of benzene rings is 1. The highest BCUT2D eigenvalue weighted by Crippen LogP contribution is 2.64. The van der Waals surface area contributed by atoms with E-state index in [0.29, 0.717) is 25.4 Å². The molecular weight excluding hydrogens is 360 g/mol. The molecular formula is C21H30N2O3S. The SMILES string of the molecule is CC1(C)[C@@H]2CC[C@]1(CS(=O)(=O)N1CCN(Cc3ccccc3)CC1)C(=O)C2. The number of ketones is 1. The van der Waals surface area contributed by atoms with Crippen molar-refractivity contribution < 1.29 is 13.2 Å². The van der Waals surface area contributed by atoms with Gasteiger partial charge in [0.15, 0.2) is 0 Å². The molecule has 1 aliphatic heterocycles. The number of carbonyl (C=O) groups excluding carboxylic acids is 1. The zero-order chi connectivity index (χ0) is 19.3. The second-order valence-electron chi connectivity index (χ2n) is 9.08. The van der Waals surface area contributed by atoms with Gasteiger partial charge in [0.05, 0.1) is 5.75 Å². The summed E-state index contributed by atoms with van der Waals surface area (Å²) in [6.45, 7) is 7.56. The van der Waals surface area contributed by atoms with E-state index in [1.165, 1.54) is 5.56 Å². The molecule has 0 N–H and O–H groups in total. The Kier molecular flexibility index (Phi) is 4.72. The fourth-order valence-electron chi connectivity index (χ4n) is 5.52. The molecule has 6 heteroatoms. The van der Waals surface area contributed by atoms with E-state index in [1.807, 2.05) is 18.2 Å². The smallest absolute Gasteiger partial charge is 0.215 e. The first kappa shape index (κ1) is 19.1. The van der Waals surface area contributed by atoms with E-state index in [-0.39, 0.29) is 17.0 Å². The first-order valence-corrected chi connectivity index (χ1v) is 11.6. The summed E-state index contributed by atoms with van der Waals surface area (Å²) in [5.41, 5.74) is 0.382. The van der Waals surface area contributed by atoms with Crippen LogP contribution in [0.1, 0.15) is 38.7 Å². The molecule has 2 saturated carbocycles. The molecule has 2 aliphatic carbocycles. The van der Waals surface area contributed by atoms with E-state index in [1.54, 1.807) is 4.31 Å². The molecule has 0 unspecified atom stereocenters. The van der Waals surface area contributed by atoms with Crippen LogP contribution in [0.4, 0.5) is 0 Å². The molecule has 1 aromatic rings. The van der Waals surface area contributed by atoms with Gasteiger partial charge >= 0.3 is 0 Å². The molecule has 3 aliphatic rings. The third kappa shape index (κ3) is 3.15. The van der Waals surface area contributed by atoms with Crippen LogP contribution in [-0.2, 0) is 21.4 Å². The number of carbonyl (C=O) groups is 1. The van der Waals surface area contributed by atoms with Crippen molar-refractivity contribution in [3.05, 3.63) is 35.9 Å².